The Morgan fingerprint density at radius 2 is 2.24 bits per heavy atom. The van der Waals surface area contributed by atoms with Gasteiger partial charge in [0.15, 0.2) is 0 Å². The molecule has 0 bridgehead atoms. The molecular weight excluding hydrogens is 237 g/mol. The summed E-state index contributed by atoms with van der Waals surface area (Å²) in [5.74, 6) is -0.379. The summed E-state index contributed by atoms with van der Waals surface area (Å²) in [7, 11) is 1.89. The minimum absolute atomic E-state index is 0.192. The van der Waals surface area contributed by atoms with Crippen LogP contribution < -0.4 is 10.6 Å². The highest BCUT2D eigenvalue weighted by Crippen LogP contribution is 2.26. The SMILES string of the molecule is Cc1ncsc1CN(C)c1cccc(F)c1N. The highest BCUT2D eigenvalue weighted by Gasteiger charge is 2.11. The summed E-state index contributed by atoms with van der Waals surface area (Å²) in [4.78, 5) is 7.28. The van der Waals surface area contributed by atoms with Crippen LogP contribution in [-0.2, 0) is 6.54 Å². The summed E-state index contributed by atoms with van der Waals surface area (Å²) in [6.45, 7) is 2.65. The number of nitrogens with zero attached hydrogens (tertiary/aromatic N) is 2. The second-order valence-electron chi connectivity index (χ2n) is 3.89. The van der Waals surface area contributed by atoms with Crippen molar-refractivity contribution in [3.8, 4) is 0 Å². The van der Waals surface area contributed by atoms with E-state index in [-0.39, 0.29) is 11.5 Å². The minimum atomic E-state index is -0.379. The second-order valence-corrected chi connectivity index (χ2v) is 4.83. The van der Waals surface area contributed by atoms with Crippen LogP contribution in [0.15, 0.2) is 23.7 Å². The molecule has 0 aliphatic carbocycles. The maximum absolute atomic E-state index is 13.3. The first kappa shape index (κ1) is 11.9. The first-order chi connectivity index (χ1) is 8.09. The molecule has 0 spiro atoms. The Balaban J connectivity index is 2.23. The number of anilines is 2. The predicted molar refractivity (Wildman–Crippen MR) is 69.8 cm³/mol. The van der Waals surface area contributed by atoms with Gasteiger partial charge in [0.1, 0.15) is 5.82 Å². The average molecular weight is 251 g/mol. The van der Waals surface area contributed by atoms with Crippen LogP contribution >= 0.6 is 11.3 Å². The van der Waals surface area contributed by atoms with E-state index in [1.165, 1.54) is 6.07 Å². The third kappa shape index (κ3) is 2.39. The number of halogens is 1. The van der Waals surface area contributed by atoms with Crippen LogP contribution in [0.4, 0.5) is 15.8 Å². The molecule has 0 aliphatic heterocycles. The molecule has 3 nitrogen and oxygen atoms in total. The number of para-hydroxylation sites is 1. The van der Waals surface area contributed by atoms with E-state index in [9.17, 15) is 4.39 Å². The van der Waals surface area contributed by atoms with Gasteiger partial charge >= 0.3 is 0 Å². The van der Waals surface area contributed by atoms with E-state index in [2.05, 4.69) is 4.98 Å². The van der Waals surface area contributed by atoms with Crippen LogP contribution in [0.25, 0.3) is 0 Å². The number of rotatable bonds is 3. The molecule has 5 heteroatoms. The Kier molecular flexibility index (Phi) is 3.28. The Morgan fingerprint density at radius 1 is 1.47 bits per heavy atom. The number of aromatic nitrogens is 1. The maximum Gasteiger partial charge on any atom is 0.148 e. The third-order valence-corrected chi connectivity index (χ3v) is 3.59. The molecular formula is C12H14FN3S. The van der Waals surface area contributed by atoms with Gasteiger partial charge in [0, 0.05) is 11.9 Å². The smallest absolute Gasteiger partial charge is 0.148 e. The Bertz CT molecular complexity index is 524. The van der Waals surface area contributed by atoms with E-state index in [4.69, 9.17) is 5.73 Å². The van der Waals surface area contributed by atoms with Crippen molar-refractivity contribution in [3.63, 3.8) is 0 Å². The molecule has 2 N–H and O–H groups in total. The predicted octanol–water partition coefficient (Wildman–Crippen LogP) is 2.81. The molecule has 0 atom stereocenters. The van der Waals surface area contributed by atoms with Crippen molar-refractivity contribution in [1.82, 2.24) is 4.98 Å². The van der Waals surface area contributed by atoms with Crippen molar-refractivity contribution < 1.29 is 4.39 Å². The number of nitrogens with two attached hydrogens (primary N) is 1. The number of nitrogen functional groups attached to an aromatic ring is 1. The van der Waals surface area contributed by atoms with Crippen LogP contribution in [0.5, 0.6) is 0 Å². The monoisotopic (exact) mass is 251 g/mol. The zero-order valence-electron chi connectivity index (χ0n) is 9.77. The van der Waals surface area contributed by atoms with Gasteiger partial charge in [-0.2, -0.15) is 0 Å². The number of thiazole rings is 1. The van der Waals surface area contributed by atoms with E-state index >= 15 is 0 Å². The molecule has 0 aliphatic rings. The minimum Gasteiger partial charge on any atom is -0.395 e. The van der Waals surface area contributed by atoms with Gasteiger partial charge in [-0.05, 0) is 19.1 Å². The van der Waals surface area contributed by atoms with Gasteiger partial charge in [0.25, 0.3) is 0 Å². The van der Waals surface area contributed by atoms with Gasteiger partial charge < -0.3 is 10.6 Å². The van der Waals surface area contributed by atoms with E-state index in [1.54, 1.807) is 17.4 Å². The first-order valence-corrected chi connectivity index (χ1v) is 6.11. The van der Waals surface area contributed by atoms with Crippen molar-refractivity contribution in [2.24, 2.45) is 0 Å². The third-order valence-electron chi connectivity index (χ3n) is 2.67. The molecule has 2 rings (SSSR count). The molecule has 0 unspecified atom stereocenters. The first-order valence-electron chi connectivity index (χ1n) is 5.23. The quantitative estimate of drug-likeness (QED) is 0.853. The summed E-state index contributed by atoms with van der Waals surface area (Å²) in [5.41, 5.74) is 9.44. The Labute approximate surface area is 104 Å². The number of hydrogen-bond donors (Lipinski definition) is 1. The molecule has 2 aromatic rings. The van der Waals surface area contributed by atoms with Crippen molar-refractivity contribution in [2.45, 2.75) is 13.5 Å². The summed E-state index contributed by atoms with van der Waals surface area (Å²) in [6.07, 6.45) is 0. The fraction of sp³-hybridized carbons (Fsp3) is 0.250. The van der Waals surface area contributed by atoms with Gasteiger partial charge in [-0.1, -0.05) is 6.07 Å². The normalized spacial score (nSPS) is 10.5. The van der Waals surface area contributed by atoms with Gasteiger partial charge in [-0.25, -0.2) is 9.37 Å². The molecule has 90 valence electrons. The standard InChI is InChI=1S/C12H14FN3S/c1-8-11(17-7-15-8)6-16(2)10-5-3-4-9(13)12(10)14/h3-5,7H,6,14H2,1-2H3. The van der Waals surface area contributed by atoms with E-state index in [1.807, 2.05) is 30.4 Å². The lowest BCUT2D eigenvalue weighted by Gasteiger charge is -2.20. The topological polar surface area (TPSA) is 42.2 Å². The molecule has 0 radical (unpaired) electrons. The number of hydrogen-bond acceptors (Lipinski definition) is 4. The van der Waals surface area contributed by atoms with Crippen LogP contribution in [-0.4, -0.2) is 12.0 Å². The van der Waals surface area contributed by atoms with Gasteiger partial charge in [-0.3, -0.25) is 0 Å². The van der Waals surface area contributed by atoms with Crippen molar-refractivity contribution in [1.29, 1.82) is 0 Å². The maximum atomic E-state index is 13.3. The molecule has 0 fully saturated rings. The van der Waals surface area contributed by atoms with E-state index < -0.39 is 0 Å². The number of benzene rings is 1. The lowest BCUT2D eigenvalue weighted by Crippen LogP contribution is -2.18. The Hall–Kier alpha value is -1.62. The fourth-order valence-corrected chi connectivity index (χ4v) is 2.47. The largest absolute Gasteiger partial charge is 0.395 e. The zero-order chi connectivity index (χ0) is 12.4. The van der Waals surface area contributed by atoms with Gasteiger partial charge in [0.05, 0.1) is 29.1 Å². The van der Waals surface area contributed by atoms with Crippen molar-refractivity contribution in [3.05, 3.63) is 40.1 Å². The van der Waals surface area contributed by atoms with Crippen molar-refractivity contribution >= 4 is 22.7 Å². The highest BCUT2D eigenvalue weighted by atomic mass is 32.1. The fourth-order valence-electron chi connectivity index (χ4n) is 1.64. The van der Waals surface area contributed by atoms with Gasteiger partial charge in [-0.15, -0.1) is 11.3 Å². The molecule has 0 saturated heterocycles. The summed E-state index contributed by atoms with van der Waals surface area (Å²) < 4.78 is 13.3. The summed E-state index contributed by atoms with van der Waals surface area (Å²) >= 11 is 1.60. The Morgan fingerprint density at radius 3 is 2.88 bits per heavy atom. The van der Waals surface area contributed by atoms with Crippen LogP contribution in [0, 0.1) is 12.7 Å². The van der Waals surface area contributed by atoms with Crippen LogP contribution in [0.3, 0.4) is 0 Å². The second kappa shape index (κ2) is 4.71. The van der Waals surface area contributed by atoms with Crippen LogP contribution in [0.1, 0.15) is 10.6 Å². The van der Waals surface area contributed by atoms with E-state index in [0.717, 1.165) is 10.6 Å². The average Bonchev–Trinajstić information content (AvgIpc) is 2.68. The lowest BCUT2D eigenvalue weighted by molar-refractivity contribution is 0.632. The van der Waals surface area contributed by atoms with E-state index in [0.29, 0.717) is 12.2 Å². The molecule has 17 heavy (non-hydrogen) atoms. The van der Waals surface area contributed by atoms with Crippen molar-refractivity contribution in [2.75, 3.05) is 17.7 Å². The molecule has 0 amide bonds. The summed E-state index contributed by atoms with van der Waals surface area (Å²) in [6, 6.07) is 4.84. The summed E-state index contributed by atoms with van der Waals surface area (Å²) in [5, 5.41) is 0. The molecule has 1 heterocycles. The molecule has 1 aromatic carbocycles. The number of aryl methyl sites for hydroxylation is 1. The molecule has 0 saturated carbocycles. The highest BCUT2D eigenvalue weighted by molar-refractivity contribution is 7.09. The molecule has 1 aromatic heterocycles. The lowest BCUT2D eigenvalue weighted by atomic mass is 10.2. The zero-order valence-corrected chi connectivity index (χ0v) is 10.6. The van der Waals surface area contributed by atoms with Gasteiger partial charge in [0.2, 0.25) is 0 Å². The van der Waals surface area contributed by atoms with Crippen LogP contribution in [0.2, 0.25) is 0 Å².